The van der Waals surface area contributed by atoms with Crippen molar-refractivity contribution in [2.24, 2.45) is 0 Å². The Labute approximate surface area is 109 Å². The standard InChI is InChI=1S/C14H22N2O2/c1-7-13(3,4)15-9-12(18)16(10-11(15)17)14(5,6)8-2/h7-8H,1-2,9-10H2,3-6H3. The van der Waals surface area contributed by atoms with E-state index in [0.29, 0.717) is 0 Å². The minimum Gasteiger partial charge on any atom is -0.323 e. The van der Waals surface area contributed by atoms with Crippen LogP contribution in [0.1, 0.15) is 27.7 Å². The first-order valence-electron chi connectivity index (χ1n) is 6.04. The zero-order valence-electron chi connectivity index (χ0n) is 11.7. The summed E-state index contributed by atoms with van der Waals surface area (Å²) in [5, 5.41) is 0. The Balaban J connectivity index is 2.97. The van der Waals surface area contributed by atoms with Gasteiger partial charge in [0, 0.05) is 0 Å². The Morgan fingerprint density at radius 3 is 1.39 bits per heavy atom. The maximum atomic E-state index is 12.2. The van der Waals surface area contributed by atoms with Gasteiger partial charge in [0.25, 0.3) is 0 Å². The SMILES string of the molecule is C=CC(C)(C)N1CC(=O)N(C(C)(C)C=C)CC1=O. The Bertz CT molecular complexity index is 359. The van der Waals surface area contributed by atoms with Gasteiger partial charge in [0.1, 0.15) is 13.1 Å². The second-order valence-electron chi connectivity index (χ2n) is 5.68. The zero-order chi connectivity index (χ0) is 14.1. The van der Waals surface area contributed by atoms with Crippen molar-refractivity contribution >= 4 is 11.8 Å². The van der Waals surface area contributed by atoms with E-state index in [2.05, 4.69) is 13.2 Å². The molecule has 0 aromatic rings. The van der Waals surface area contributed by atoms with Crippen LogP contribution in [0, 0.1) is 0 Å². The first-order valence-corrected chi connectivity index (χ1v) is 6.04. The minimum atomic E-state index is -0.503. The highest BCUT2D eigenvalue weighted by atomic mass is 16.2. The Kier molecular flexibility index (Phi) is 3.70. The molecule has 1 fully saturated rings. The normalized spacial score (nSPS) is 18.0. The molecule has 0 aromatic carbocycles. The molecule has 4 nitrogen and oxygen atoms in total. The summed E-state index contributed by atoms with van der Waals surface area (Å²) in [6.45, 7) is 15.1. The maximum absolute atomic E-state index is 12.2. The molecule has 0 aliphatic carbocycles. The topological polar surface area (TPSA) is 40.6 Å². The molecule has 0 bridgehead atoms. The summed E-state index contributed by atoms with van der Waals surface area (Å²) in [6, 6.07) is 0. The van der Waals surface area contributed by atoms with E-state index in [4.69, 9.17) is 0 Å². The third kappa shape index (κ3) is 2.47. The molecule has 0 saturated carbocycles. The molecule has 0 aromatic heterocycles. The van der Waals surface area contributed by atoms with Gasteiger partial charge in [-0.2, -0.15) is 0 Å². The molecule has 0 N–H and O–H groups in total. The van der Waals surface area contributed by atoms with Crippen LogP contribution in [0.4, 0.5) is 0 Å². The van der Waals surface area contributed by atoms with Crippen molar-refractivity contribution in [3.8, 4) is 0 Å². The summed E-state index contributed by atoms with van der Waals surface area (Å²) in [5.74, 6) is -0.121. The lowest BCUT2D eigenvalue weighted by atomic mass is 9.98. The predicted octanol–water partition coefficient (Wildman–Crippen LogP) is 1.59. The zero-order valence-corrected chi connectivity index (χ0v) is 11.7. The van der Waals surface area contributed by atoms with E-state index in [-0.39, 0.29) is 24.9 Å². The smallest absolute Gasteiger partial charge is 0.243 e. The molecule has 1 aliphatic heterocycles. The fourth-order valence-corrected chi connectivity index (χ4v) is 1.89. The highest BCUT2D eigenvalue weighted by molar-refractivity contribution is 5.93. The molecule has 1 heterocycles. The lowest BCUT2D eigenvalue weighted by Gasteiger charge is -2.46. The van der Waals surface area contributed by atoms with Crippen LogP contribution in [0.25, 0.3) is 0 Å². The lowest BCUT2D eigenvalue weighted by molar-refractivity contribution is -0.157. The summed E-state index contributed by atoms with van der Waals surface area (Å²) in [7, 11) is 0. The van der Waals surface area contributed by atoms with E-state index < -0.39 is 11.1 Å². The number of rotatable bonds is 4. The summed E-state index contributed by atoms with van der Waals surface area (Å²) < 4.78 is 0. The average molecular weight is 250 g/mol. The minimum absolute atomic E-state index is 0.0607. The van der Waals surface area contributed by atoms with Crippen molar-refractivity contribution in [1.29, 1.82) is 0 Å². The van der Waals surface area contributed by atoms with E-state index in [1.165, 1.54) is 0 Å². The highest BCUT2D eigenvalue weighted by Gasteiger charge is 2.40. The Morgan fingerprint density at radius 2 is 1.17 bits per heavy atom. The Morgan fingerprint density at radius 1 is 0.889 bits per heavy atom. The van der Waals surface area contributed by atoms with Crippen molar-refractivity contribution in [2.75, 3.05) is 13.1 Å². The van der Waals surface area contributed by atoms with Crippen molar-refractivity contribution < 1.29 is 9.59 Å². The van der Waals surface area contributed by atoms with Gasteiger partial charge in [-0.15, -0.1) is 13.2 Å². The van der Waals surface area contributed by atoms with Crippen molar-refractivity contribution in [2.45, 2.75) is 38.8 Å². The summed E-state index contributed by atoms with van der Waals surface area (Å²) >= 11 is 0. The number of hydrogen-bond acceptors (Lipinski definition) is 2. The molecular formula is C14H22N2O2. The van der Waals surface area contributed by atoms with Crippen molar-refractivity contribution in [3.05, 3.63) is 25.3 Å². The van der Waals surface area contributed by atoms with E-state index >= 15 is 0 Å². The number of carbonyl (C=O) groups excluding carboxylic acids is 2. The average Bonchev–Trinajstić information content (AvgIpc) is 2.31. The molecule has 0 unspecified atom stereocenters. The molecule has 100 valence electrons. The van der Waals surface area contributed by atoms with Crippen LogP contribution in [0.5, 0.6) is 0 Å². The van der Waals surface area contributed by atoms with Crippen molar-refractivity contribution in [3.63, 3.8) is 0 Å². The monoisotopic (exact) mass is 250 g/mol. The predicted molar refractivity (Wildman–Crippen MR) is 72.0 cm³/mol. The lowest BCUT2D eigenvalue weighted by Crippen LogP contribution is -2.63. The number of piperazine rings is 1. The summed E-state index contributed by atoms with van der Waals surface area (Å²) in [6.07, 6.45) is 3.37. The van der Waals surface area contributed by atoms with Crippen LogP contribution in [0.3, 0.4) is 0 Å². The fraction of sp³-hybridized carbons (Fsp3) is 0.571. The molecule has 1 saturated heterocycles. The van der Waals surface area contributed by atoms with Gasteiger partial charge in [0.2, 0.25) is 11.8 Å². The maximum Gasteiger partial charge on any atom is 0.243 e. The van der Waals surface area contributed by atoms with Gasteiger partial charge in [-0.1, -0.05) is 12.2 Å². The number of amides is 2. The van der Waals surface area contributed by atoms with Gasteiger partial charge < -0.3 is 9.80 Å². The second-order valence-corrected chi connectivity index (χ2v) is 5.68. The van der Waals surface area contributed by atoms with Gasteiger partial charge in [0.05, 0.1) is 11.1 Å². The first-order chi connectivity index (χ1) is 8.15. The van der Waals surface area contributed by atoms with Crippen LogP contribution in [-0.4, -0.2) is 45.8 Å². The van der Waals surface area contributed by atoms with Crippen LogP contribution >= 0.6 is 0 Å². The van der Waals surface area contributed by atoms with Gasteiger partial charge in [-0.05, 0) is 27.7 Å². The highest BCUT2D eigenvalue weighted by Crippen LogP contribution is 2.24. The van der Waals surface area contributed by atoms with Crippen LogP contribution in [0.15, 0.2) is 25.3 Å². The fourth-order valence-electron chi connectivity index (χ4n) is 1.89. The number of carbonyl (C=O) groups is 2. The van der Waals surface area contributed by atoms with E-state index in [9.17, 15) is 9.59 Å². The van der Waals surface area contributed by atoms with Gasteiger partial charge in [-0.3, -0.25) is 9.59 Å². The summed E-state index contributed by atoms with van der Waals surface area (Å²) in [5.41, 5.74) is -1.01. The molecule has 0 radical (unpaired) electrons. The van der Waals surface area contributed by atoms with E-state index in [1.54, 1.807) is 22.0 Å². The van der Waals surface area contributed by atoms with Gasteiger partial charge in [-0.25, -0.2) is 0 Å². The molecule has 0 atom stereocenters. The van der Waals surface area contributed by atoms with Crippen LogP contribution in [-0.2, 0) is 9.59 Å². The van der Waals surface area contributed by atoms with Crippen LogP contribution < -0.4 is 0 Å². The van der Waals surface area contributed by atoms with Gasteiger partial charge in [0.15, 0.2) is 0 Å². The number of nitrogens with zero attached hydrogens (tertiary/aromatic N) is 2. The molecule has 2 amide bonds. The van der Waals surface area contributed by atoms with Crippen molar-refractivity contribution in [1.82, 2.24) is 9.80 Å². The molecule has 18 heavy (non-hydrogen) atoms. The van der Waals surface area contributed by atoms with E-state index in [1.807, 2.05) is 27.7 Å². The third-order valence-corrected chi connectivity index (χ3v) is 3.58. The second kappa shape index (κ2) is 4.59. The molecule has 1 rings (SSSR count). The van der Waals surface area contributed by atoms with Gasteiger partial charge >= 0.3 is 0 Å². The quantitative estimate of drug-likeness (QED) is 0.711. The summed E-state index contributed by atoms with van der Waals surface area (Å²) in [4.78, 5) is 27.5. The molecular weight excluding hydrogens is 228 g/mol. The Hall–Kier alpha value is -1.58. The first kappa shape index (κ1) is 14.5. The molecule has 1 aliphatic rings. The largest absolute Gasteiger partial charge is 0.323 e. The van der Waals surface area contributed by atoms with Crippen LogP contribution in [0.2, 0.25) is 0 Å². The molecule has 0 spiro atoms. The molecule has 4 heteroatoms. The van der Waals surface area contributed by atoms with E-state index in [0.717, 1.165) is 0 Å². The third-order valence-electron chi connectivity index (χ3n) is 3.58. The number of hydrogen-bond donors (Lipinski definition) is 0.